The zero-order chi connectivity index (χ0) is 15.8. The normalized spacial score (nSPS) is 50.9. The highest BCUT2D eigenvalue weighted by Gasteiger charge is 2.60. The van der Waals surface area contributed by atoms with Crippen LogP contribution in [0.2, 0.25) is 0 Å². The van der Waals surface area contributed by atoms with Crippen LogP contribution in [0.25, 0.3) is 0 Å². The van der Waals surface area contributed by atoms with Gasteiger partial charge in [-0.05, 0) is 55.1 Å². The van der Waals surface area contributed by atoms with Gasteiger partial charge in [-0.2, -0.15) is 0 Å². The van der Waals surface area contributed by atoms with Crippen LogP contribution in [0.5, 0.6) is 0 Å². The van der Waals surface area contributed by atoms with Crippen molar-refractivity contribution in [2.24, 2.45) is 34.5 Å². The molecule has 0 N–H and O–H groups in total. The first kappa shape index (κ1) is 14.2. The van der Waals surface area contributed by atoms with Crippen LogP contribution < -0.4 is 0 Å². The van der Waals surface area contributed by atoms with E-state index in [2.05, 4.69) is 19.1 Å². The van der Waals surface area contributed by atoms with Crippen LogP contribution in [0, 0.1) is 34.5 Å². The summed E-state index contributed by atoms with van der Waals surface area (Å²) < 4.78 is 5.91. The van der Waals surface area contributed by atoms with E-state index in [1.807, 2.05) is 6.08 Å². The summed E-state index contributed by atoms with van der Waals surface area (Å²) >= 11 is 0. The zero-order valence-corrected chi connectivity index (χ0v) is 13.7. The smallest absolute Gasteiger partial charge is 0.161 e. The average molecular weight is 312 g/mol. The lowest BCUT2D eigenvalue weighted by Gasteiger charge is -2.57. The molecule has 0 radical (unpaired) electrons. The summed E-state index contributed by atoms with van der Waals surface area (Å²) in [6.45, 7) is 3.54. The number of fused-ring (bicyclic) bond motifs is 4. The molecule has 6 unspecified atom stereocenters. The number of hydrogen-bond donors (Lipinski definition) is 0. The van der Waals surface area contributed by atoms with Crippen molar-refractivity contribution >= 4 is 11.6 Å². The second-order valence-electron chi connectivity index (χ2n) is 8.64. The van der Waals surface area contributed by atoms with Crippen molar-refractivity contribution in [1.29, 1.82) is 0 Å². The predicted octanol–water partition coefficient (Wildman–Crippen LogP) is 3.10. The number of ketones is 2. The molecule has 5 aliphatic rings. The van der Waals surface area contributed by atoms with Crippen LogP contribution in [0.1, 0.15) is 39.0 Å². The number of hydrogen-bond acceptors (Lipinski definition) is 3. The van der Waals surface area contributed by atoms with Gasteiger partial charge in [-0.15, -0.1) is 0 Å². The maximum atomic E-state index is 12.4. The molecule has 1 spiro atoms. The molecule has 3 heteroatoms. The first-order valence-corrected chi connectivity index (χ1v) is 9.10. The minimum absolute atomic E-state index is 0.0310. The fraction of sp³-hybridized carbons (Fsp3) is 0.700. The third kappa shape index (κ3) is 1.64. The van der Waals surface area contributed by atoms with Gasteiger partial charge in [0.1, 0.15) is 5.78 Å². The Balaban J connectivity index is 1.61. The molecule has 0 amide bonds. The molecule has 3 fully saturated rings. The number of carbonyl (C=O) groups is 2. The SMILES string of the molecule is CC12CCC3C(C=CC4=CC(=O)C5COCC43C5)C1CCC2=O. The highest BCUT2D eigenvalue weighted by atomic mass is 16.5. The number of carbonyl (C=O) groups excluding carboxylic acids is 2. The first-order chi connectivity index (χ1) is 11.0. The maximum Gasteiger partial charge on any atom is 0.161 e. The molecule has 6 atom stereocenters. The summed E-state index contributed by atoms with van der Waals surface area (Å²) in [4.78, 5) is 24.7. The van der Waals surface area contributed by atoms with Gasteiger partial charge in [0.25, 0.3) is 0 Å². The van der Waals surface area contributed by atoms with Gasteiger partial charge in [0.15, 0.2) is 5.78 Å². The fourth-order valence-corrected chi connectivity index (χ4v) is 6.52. The summed E-state index contributed by atoms with van der Waals surface area (Å²) in [7, 11) is 0. The Kier molecular flexibility index (Phi) is 2.73. The van der Waals surface area contributed by atoms with Crippen molar-refractivity contribution < 1.29 is 14.3 Å². The third-order valence-corrected chi connectivity index (χ3v) is 7.81. The number of ether oxygens (including phenoxy) is 1. The van der Waals surface area contributed by atoms with Crippen LogP contribution in [0.15, 0.2) is 23.8 Å². The van der Waals surface area contributed by atoms with Crippen molar-refractivity contribution in [2.75, 3.05) is 13.2 Å². The van der Waals surface area contributed by atoms with Gasteiger partial charge in [-0.1, -0.05) is 19.1 Å². The van der Waals surface area contributed by atoms with Crippen LogP contribution >= 0.6 is 0 Å². The van der Waals surface area contributed by atoms with Gasteiger partial charge in [-0.3, -0.25) is 9.59 Å². The molecule has 4 aliphatic carbocycles. The van der Waals surface area contributed by atoms with E-state index in [9.17, 15) is 9.59 Å². The van der Waals surface area contributed by atoms with Gasteiger partial charge in [0.2, 0.25) is 0 Å². The lowest BCUT2D eigenvalue weighted by atomic mass is 9.48. The second kappa shape index (κ2) is 4.44. The summed E-state index contributed by atoms with van der Waals surface area (Å²) in [6, 6.07) is 0. The molecule has 122 valence electrons. The third-order valence-electron chi connectivity index (χ3n) is 7.81. The summed E-state index contributed by atoms with van der Waals surface area (Å²) in [5, 5.41) is 0. The van der Waals surface area contributed by atoms with E-state index in [0.717, 1.165) is 38.7 Å². The molecule has 0 aromatic rings. The van der Waals surface area contributed by atoms with Gasteiger partial charge in [-0.25, -0.2) is 0 Å². The van der Waals surface area contributed by atoms with Crippen molar-refractivity contribution in [2.45, 2.75) is 39.0 Å². The molecule has 3 nitrogen and oxygen atoms in total. The van der Waals surface area contributed by atoms with Crippen LogP contribution in [-0.4, -0.2) is 24.8 Å². The molecule has 23 heavy (non-hydrogen) atoms. The van der Waals surface area contributed by atoms with Crippen molar-refractivity contribution in [3.05, 3.63) is 23.8 Å². The molecule has 1 heterocycles. The molecular formula is C20H24O3. The van der Waals surface area contributed by atoms with E-state index in [1.165, 1.54) is 5.57 Å². The number of rotatable bonds is 0. The first-order valence-electron chi connectivity index (χ1n) is 9.10. The Labute approximate surface area is 137 Å². The highest BCUT2D eigenvalue weighted by Crippen LogP contribution is 2.63. The predicted molar refractivity (Wildman–Crippen MR) is 85.6 cm³/mol. The van der Waals surface area contributed by atoms with Gasteiger partial charge < -0.3 is 4.74 Å². The molecule has 0 aromatic carbocycles. The average Bonchev–Trinajstić information content (AvgIpc) is 2.85. The molecule has 5 rings (SSSR count). The van der Waals surface area contributed by atoms with Crippen molar-refractivity contribution in [3.8, 4) is 0 Å². The summed E-state index contributed by atoms with van der Waals surface area (Å²) in [5.74, 6) is 2.28. The van der Waals surface area contributed by atoms with Crippen LogP contribution in [0.4, 0.5) is 0 Å². The van der Waals surface area contributed by atoms with E-state index in [1.54, 1.807) is 0 Å². The summed E-state index contributed by atoms with van der Waals surface area (Å²) in [5.41, 5.74) is 1.12. The van der Waals surface area contributed by atoms with E-state index in [0.29, 0.717) is 30.1 Å². The quantitative estimate of drug-likeness (QED) is 0.690. The number of allylic oxidation sites excluding steroid dienone is 3. The minimum atomic E-state index is -0.108. The summed E-state index contributed by atoms with van der Waals surface area (Å²) in [6.07, 6.45) is 11.3. The number of Topliss-reactive ketones (excluding diaryl/α,β-unsaturated/α-hetero) is 1. The lowest BCUT2D eigenvalue weighted by Crippen LogP contribution is -2.55. The minimum Gasteiger partial charge on any atom is -0.380 e. The largest absolute Gasteiger partial charge is 0.380 e. The van der Waals surface area contributed by atoms with Gasteiger partial charge in [0.05, 0.1) is 13.2 Å². The monoisotopic (exact) mass is 312 g/mol. The molecule has 2 saturated carbocycles. The molecule has 1 aliphatic heterocycles. The second-order valence-corrected chi connectivity index (χ2v) is 8.64. The van der Waals surface area contributed by atoms with Crippen LogP contribution in [-0.2, 0) is 14.3 Å². The standard InChI is InChI=1S/C20H24O3/c1-19-7-6-16-14(15(19)4-5-18(19)22)3-2-13-8-17(21)12-9-20(13,16)11-23-10-12/h2-3,8,12,14-16H,4-7,9-11H2,1H3. The van der Waals surface area contributed by atoms with Gasteiger partial charge >= 0.3 is 0 Å². The fourth-order valence-electron chi connectivity index (χ4n) is 6.52. The van der Waals surface area contributed by atoms with Crippen molar-refractivity contribution in [1.82, 2.24) is 0 Å². The van der Waals surface area contributed by atoms with Crippen LogP contribution in [0.3, 0.4) is 0 Å². The Hall–Kier alpha value is -1.22. The zero-order valence-electron chi connectivity index (χ0n) is 13.7. The Morgan fingerprint density at radius 3 is 2.96 bits per heavy atom. The molecule has 2 bridgehead atoms. The molecule has 0 aromatic heterocycles. The Morgan fingerprint density at radius 2 is 2.09 bits per heavy atom. The Morgan fingerprint density at radius 1 is 1.22 bits per heavy atom. The molecular weight excluding hydrogens is 288 g/mol. The topological polar surface area (TPSA) is 43.4 Å². The van der Waals surface area contributed by atoms with Gasteiger partial charge in [0, 0.05) is 23.2 Å². The van der Waals surface area contributed by atoms with E-state index < -0.39 is 0 Å². The highest BCUT2D eigenvalue weighted by molar-refractivity contribution is 5.94. The van der Waals surface area contributed by atoms with E-state index in [4.69, 9.17) is 4.74 Å². The van der Waals surface area contributed by atoms with E-state index in [-0.39, 0.29) is 22.5 Å². The molecule has 1 saturated heterocycles. The van der Waals surface area contributed by atoms with Crippen molar-refractivity contribution in [3.63, 3.8) is 0 Å². The maximum absolute atomic E-state index is 12.4. The Bertz CT molecular complexity index is 660. The van der Waals surface area contributed by atoms with E-state index >= 15 is 0 Å². The lowest BCUT2D eigenvalue weighted by molar-refractivity contribution is -0.140.